The van der Waals surface area contributed by atoms with Gasteiger partial charge in [-0.05, 0) is 77.2 Å². The Morgan fingerprint density at radius 1 is 1.15 bits per heavy atom. The number of amides is 2. The molecule has 0 N–H and O–H groups in total. The number of hydrogen-bond acceptors (Lipinski definition) is 8. The van der Waals surface area contributed by atoms with Crippen molar-refractivity contribution in [2.24, 2.45) is 0 Å². The highest BCUT2D eigenvalue weighted by Gasteiger charge is 2.35. The highest BCUT2D eigenvalue weighted by Crippen LogP contribution is 2.37. The minimum Gasteiger partial charge on any atom is -0.493 e. The van der Waals surface area contributed by atoms with Crippen molar-refractivity contribution in [3.8, 4) is 17.2 Å². The highest BCUT2D eigenvalue weighted by atomic mass is 127. The van der Waals surface area contributed by atoms with Crippen LogP contribution in [0.15, 0.2) is 47.4 Å². The fraction of sp³-hybridized carbons (Fsp3) is 0.261. The van der Waals surface area contributed by atoms with Crippen LogP contribution in [0.25, 0.3) is 6.08 Å². The lowest BCUT2D eigenvalue weighted by molar-refractivity contribution is -0.145. The van der Waals surface area contributed by atoms with Crippen LogP contribution in [0.1, 0.15) is 12.5 Å². The molecule has 1 aliphatic heterocycles. The molecule has 1 saturated heterocycles. The SMILES string of the molecule is CCOC(=O)COc1c(I)cc(/C=C2\SC(=O)N(CCOc3ccccc3)C2=O)cc1OC. The van der Waals surface area contributed by atoms with Crippen LogP contribution in [0, 0.1) is 3.57 Å². The molecule has 33 heavy (non-hydrogen) atoms. The minimum atomic E-state index is -0.482. The maximum atomic E-state index is 12.8. The Morgan fingerprint density at radius 3 is 2.61 bits per heavy atom. The summed E-state index contributed by atoms with van der Waals surface area (Å²) in [6.45, 7) is 2.09. The van der Waals surface area contributed by atoms with E-state index in [9.17, 15) is 14.4 Å². The molecule has 2 amide bonds. The van der Waals surface area contributed by atoms with Gasteiger partial charge >= 0.3 is 5.97 Å². The largest absolute Gasteiger partial charge is 0.493 e. The topological polar surface area (TPSA) is 91.4 Å². The molecule has 0 atom stereocenters. The summed E-state index contributed by atoms with van der Waals surface area (Å²) in [5, 5.41) is -0.348. The van der Waals surface area contributed by atoms with Crippen LogP contribution in [-0.4, -0.2) is 55.5 Å². The van der Waals surface area contributed by atoms with Gasteiger partial charge in [0.1, 0.15) is 12.4 Å². The van der Waals surface area contributed by atoms with Crippen molar-refractivity contribution in [2.45, 2.75) is 6.92 Å². The van der Waals surface area contributed by atoms with Gasteiger partial charge in [0, 0.05) is 0 Å². The number of ether oxygens (including phenoxy) is 4. The average Bonchev–Trinajstić information content (AvgIpc) is 3.06. The number of benzene rings is 2. The Bertz CT molecular complexity index is 1060. The summed E-state index contributed by atoms with van der Waals surface area (Å²) in [6.07, 6.45) is 1.63. The molecule has 2 aromatic carbocycles. The summed E-state index contributed by atoms with van der Waals surface area (Å²) < 4.78 is 22.1. The fourth-order valence-electron chi connectivity index (χ4n) is 2.91. The second-order valence-electron chi connectivity index (χ2n) is 6.62. The van der Waals surface area contributed by atoms with Crippen LogP contribution in [0.3, 0.4) is 0 Å². The van der Waals surface area contributed by atoms with E-state index in [-0.39, 0.29) is 37.5 Å². The number of imide groups is 1. The maximum Gasteiger partial charge on any atom is 0.344 e. The van der Waals surface area contributed by atoms with E-state index in [1.807, 2.05) is 30.3 Å². The number of rotatable bonds is 10. The smallest absolute Gasteiger partial charge is 0.344 e. The molecule has 3 rings (SSSR count). The quantitative estimate of drug-likeness (QED) is 0.232. The number of nitrogens with zero attached hydrogens (tertiary/aromatic N) is 1. The second kappa shape index (κ2) is 11.9. The lowest BCUT2D eigenvalue weighted by Gasteiger charge is -2.14. The first-order valence-corrected chi connectivity index (χ1v) is 11.9. The molecule has 0 aliphatic carbocycles. The van der Waals surface area contributed by atoms with Gasteiger partial charge in [-0.3, -0.25) is 14.5 Å². The van der Waals surface area contributed by atoms with Crippen LogP contribution in [-0.2, 0) is 14.3 Å². The lowest BCUT2D eigenvalue weighted by Crippen LogP contribution is -2.32. The molecule has 1 fully saturated rings. The monoisotopic (exact) mass is 583 g/mol. The van der Waals surface area contributed by atoms with Gasteiger partial charge in [-0.15, -0.1) is 0 Å². The van der Waals surface area contributed by atoms with Crippen LogP contribution < -0.4 is 14.2 Å². The molecule has 1 heterocycles. The van der Waals surface area contributed by atoms with Crippen molar-refractivity contribution in [3.05, 3.63) is 56.5 Å². The molecule has 2 aromatic rings. The van der Waals surface area contributed by atoms with Crippen molar-refractivity contribution >= 4 is 57.5 Å². The third kappa shape index (κ3) is 6.64. The number of esters is 1. The van der Waals surface area contributed by atoms with Crippen molar-refractivity contribution < 1.29 is 33.3 Å². The molecule has 0 unspecified atom stereocenters. The summed E-state index contributed by atoms with van der Waals surface area (Å²) in [5.41, 5.74) is 0.658. The summed E-state index contributed by atoms with van der Waals surface area (Å²) in [6, 6.07) is 12.6. The second-order valence-corrected chi connectivity index (χ2v) is 8.78. The molecule has 0 spiro atoms. The third-order valence-electron chi connectivity index (χ3n) is 4.39. The number of methoxy groups -OCH3 is 1. The number of thioether (sulfide) groups is 1. The van der Waals surface area contributed by atoms with Gasteiger partial charge in [-0.1, -0.05) is 18.2 Å². The number of para-hydroxylation sites is 1. The molecular formula is C23H22INO7S. The van der Waals surface area contributed by atoms with E-state index in [2.05, 4.69) is 22.6 Å². The van der Waals surface area contributed by atoms with E-state index in [1.54, 1.807) is 25.1 Å². The first-order valence-electron chi connectivity index (χ1n) is 10.0. The van der Waals surface area contributed by atoms with E-state index < -0.39 is 5.97 Å². The van der Waals surface area contributed by atoms with Crippen LogP contribution in [0.2, 0.25) is 0 Å². The number of carbonyl (C=O) groups excluding carboxylic acids is 3. The Labute approximate surface area is 209 Å². The molecule has 0 bridgehead atoms. The Hall–Kier alpha value is -2.73. The van der Waals surface area contributed by atoms with Gasteiger partial charge in [0.25, 0.3) is 11.1 Å². The minimum absolute atomic E-state index is 0.151. The van der Waals surface area contributed by atoms with Gasteiger partial charge in [0.15, 0.2) is 18.1 Å². The van der Waals surface area contributed by atoms with E-state index in [1.165, 1.54) is 12.0 Å². The van der Waals surface area contributed by atoms with E-state index in [4.69, 9.17) is 18.9 Å². The molecular weight excluding hydrogens is 561 g/mol. The Kier molecular flexibility index (Phi) is 9.01. The molecule has 1 aliphatic rings. The molecule has 8 nitrogen and oxygen atoms in total. The van der Waals surface area contributed by atoms with Crippen LogP contribution in [0.4, 0.5) is 4.79 Å². The average molecular weight is 583 g/mol. The summed E-state index contributed by atoms with van der Waals surface area (Å²) in [7, 11) is 1.48. The maximum absolute atomic E-state index is 12.8. The summed E-state index contributed by atoms with van der Waals surface area (Å²) in [5.74, 6) is 0.608. The van der Waals surface area contributed by atoms with E-state index in [0.717, 1.165) is 11.8 Å². The number of halogens is 1. The number of hydrogen-bond donors (Lipinski definition) is 0. The standard InChI is InChI=1S/C23H22INO7S/c1-3-30-20(26)14-32-21-17(24)11-15(12-18(21)29-2)13-19-22(27)25(23(28)33-19)9-10-31-16-7-5-4-6-8-16/h4-8,11-13H,3,9-10,14H2,1-2H3/b19-13-. The van der Waals surface area contributed by atoms with Crippen molar-refractivity contribution in [3.63, 3.8) is 0 Å². The first-order chi connectivity index (χ1) is 15.9. The van der Waals surface area contributed by atoms with Gasteiger partial charge in [-0.2, -0.15) is 0 Å². The zero-order valence-corrected chi connectivity index (χ0v) is 21.0. The Balaban J connectivity index is 1.69. The Morgan fingerprint density at radius 2 is 1.91 bits per heavy atom. The predicted octanol–water partition coefficient (Wildman–Crippen LogP) is 4.36. The first kappa shape index (κ1) is 24.9. The molecule has 0 saturated carbocycles. The zero-order chi connectivity index (χ0) is 23.8. The zero-order valence-electron chi connectivity index (χ0n) is 18.0. The van der Waals surface area contributed by atoms with Gasteiger partial charge in [0.05, 0.1) is 28.7 Å². The highest BCUT2D eigenvalue weighted by molar-refractivity contribution is 14.1. The van der Waals surface area contributed by atoms with Gasteiger partial charge < -0.3 is 18.9 Å². The van der Waals surface area contributed by atoms with Gasteiger partial charge in [-0.25, -0.2) is 4.79 Å². The predicted molar refractivity (Wildman–Crippen MR) is 132 cm³/mol. The molecule has 0 aromatic heterocycles. The molecule has 10 heteroatoms. The fourth-order valence-corrected chi connectivity index (χ4v) is 4.56. The molecule has 174 valence electrons. The molecule has 0 radical (unpaired) electrons. The number of carbonyl (C=O) groups is 3. The van der Waals surface area contributed by atoms with Gasteiger partial charge in [0.2, 0.25) is 0 Å². The van der Waals surface area contributed by atoms with Crippen LogP contribution >= 0.6 is 34.4 Å². The van der Waals surface area contributed by atoms with Crippen LogP contribution in [0.5, 0.6) is 17.2 Å². The summed E-state index contributed by atoms with van der Waals surface area (Å²) >= 11 is 2.93. The normalized spacial score (nSPS) is 14.5. The summed E-state index contributed by atoms with van der Waals surface area (Å²) in [4.78, 5) is 38.2. The van der Waals surface area contributed by atoms with Crippen molar-refractivity contribution in [1.29, 1.82) is 0 Å². The third-order valence-corrected chi connectivity index (χ3v) is 6.10. The van der Waals surface area contributed by atoms with Crippen molar-refractivity contribution in [2.75, 3.05) is 33.5 Å². The van der Waals surface area contributed by atoms with Crippen molar-refractivity contribution in [1.82, 2.24) is 4.90 Å². The van der Waals surface area contributed by atoms with E-state index >= 15 is 0 Å². The van der Waals surface area contributed by atoms with E-state index in [0.29, 0.717) is 31.3 Å². The lowest BCUT2D eigenvalue weighted by atomic mass is 10.2.